The third-order valence-corrected chi connectivity index (χ3v) is 3.13. The molecule has 0 aliphatic rings. The Balaban J connectivity index is 1.90. The van der Waals surface area contributed by atoms with E-state index in [9.17, 15) is 4.79 Å². The molecule has 0 unspecified atom stereocenters. The summed E-state index contributed by atoms with van der Waals surface area (Å²) in [4.78, 5) is 16.2. The van der Waals surface area contributed by atoms with Gasteiger partial charge in [-0.25, -0.2) is 4.79 Å². The van der Waals surface area contributed by atoms with E-state index in [0.29, 0.717) is 0 Å². The minimum atomic E-state index is -0.195. The number of nitrogens with one attached hydrogen (secondary N) is 2. The van der Waals surface area contributed by atoms with Crippen LogP contribution in [0.2, 0.25) is 0 Å². The van der Waals surface area contributed by atoms with E-state index in [1.165, 1.54) is 0 Å². The summed E-state index contributed by atoms with van der Waals surface area (Å²) in [6.45, 7) is 3.87. The SMILES string of the molecule is C[C@H](NC(=O)N[C@@H](C)c1ccccn1)c1ccccc1. The molecule has 0 aliphatic carbocycles. The van der Waals surface area contributed by atoms with Crippen LogP contribution < -0.4 is 10.6 Å². The highest BCUT2D eigenvalue weighted by Crippen LogP contribution is 2.12. The third-order valence-electron chi connectivity index (χ3n) is 3.13. The molecule has 0 saturated carbocycles. The van der Waals surface area contributed by atoms with Crippen LogP contribution in [0.4, 0.5) is 4.79 Å². The van der Waals surface area contributed by atoms with Gasteiger partial charge in [-0.2, -0.15) is 0 Å². The molecule has 4 heteroatoms. The zero-order chi connectivity index (χ0) is 14.4. The van der Waals surface area contributed by atoms with Gasteiger partial charge < -0.3 is 10.6 Å². The molecule has 0 saturated heterocycles. The Labute approximate surface area is 119 Å². The summed E-state index contributed by atoms with van der Waals surface area (Å²) >= 11 is 0. The smallest absolute Gasteiger partial charge is 0.315 e. The number of hydrogen-bond donors (Lipinski definition) is 2. The van der Waals surface area contributed by atoms with E-state index in [0.717, 1.165) is 11.3 Å². The maximum absolute atomic E-state index is 12.0. The number of rotatable bonds is 4. The average Bonchev–Trinajstić information content (AvgIpc) is 2.49. The first-order valence-electron chi connectivity index (χ1n) is 6.69. The van der Waals surface area contributed by atoms with Crippen molar-refractivity contribution in [2.75, 3.05) is 0 Å². The van der Waals surface area contributed by atoms with E-state index in [2.05, 4.69) is 15.6 Å². The molecule has 0 radical (unpaired) electrons. The van der Waals surface area contributed by atoms with Crippen LogP contribution in [-0.4, -0.2) is 11.0 Å². The fourth-order valence-corrected chi connectivity index (χ4v) is 1.97. The van der Waals surface area contributed by atoms with Crippen LogP contribution in [0.15, 0.2) is 54.7 Å². The molecule has 2 aromatic rings. The summed E-state index contributed by atoms with van der Waals surface area (Å²) in [5.41, 5.74) is 1.92. The number of carbonyl (C=O) groups is 1. The second-order valence-electron chi connectivity index (χ2n) is 4.73. The van der Waals surface area contributed by atoms with Crippen LogP contribution in [0.5, 0.6) is 0 Å². The molecule has 0 bridgehead atoms. The van der Waals surface area contributed by atoms with Gasteiger partial charge in [0.25, 0.3) is 0 Å². The number of amides is 2. The normalized spacial score (nSPS) is 13.3. The lowest BCUT2D eigenvalue weighted by molar-refractivity contribution is 0.234. The molecule has 2 amide bonds. The quantitative estimate of drug-likeness (QED) is 0.895. The number of nitrogens with zero attached hydrogens (tertiary/aromatic N) is 1. The van der Waals surface area contributed by atoms with Gasteiger partial charge in [-0.05, 0) is 31.5 Å². The van der Waals surface area contributed by atoms with Crippen molar-refractivity contribution in [3.8, 4) is 0 Å². The van der Waals surface area contributed by atoms with Gasteiger partial charge in [-0.3, -0.25) is 4.98 Å². The van der Waals surface area contributed by atoms with Crippen molar-refractivity contribution in [3.05, 3.63) is 66.0 Å². The largest absolute Gasteiger partial charge is 0.332 e. The second-order valence-corrected chi connectivity index (χ2v) is 4.73. The van der Waals surface area contributed by atoms with E-state index in [-0.39, 0.29) is 18.1 Å². The minimum absolute atomic E-state index is 0.0351. The van der Waals surface area contributed by atoms with Gasteiger partial charge in [0.05, 0.1) is 17.8 Å². The first-order valence-corrected chi connectivity index (χ1v) is 6.69. The Kier molecular flexibility index (Phi) is 4.71. The van der Waals surface area contributed by atoms with Crippen molar-refractivity contribution in [3.63, 3.8) is 0 Å². The van der Waals surface area contributed by atoms with Crippen LogP contribution in [0.1, 0.15) is 37.2 Å². The Morgan fingerprint density at radius 3 is 2.25 bits per heavy atom. The van der Waals surface area contributed by atoms with Crippen molar-refractivity contribution < 1.29 is 4.79 Å². The standard InChI is InChI=1S/C16H19N3O/c1-12(14-8-4-3-5-9-14)18-16(20)19-13(2)15-10-6-7-11-17-15/h3-13H,1-2H3,(H2,18,19,20)/t12-,13-/m0/s1. The van der Waals surface area contributed by atoms with Crippen molar-refractivity contribution >= 4 is 6.03 Å². The maximum atomic E-state index is 12.0. The molecule has 0 spiro atoms. The molecule has 0 aliphatic heterocycles. The molecule has 0 fully saturated rings. The van der Waals surface area contributed by atoms with E-state index in [1.807, 2.05) is 62.4 Å². The summed E-state index contributed by atoms with van der Waals surface area (Å²) in [7, 11) is 0. The second kappa shape index (κ2) is 6.70. The van der Waals surface area contributed by atoms with Gasteiger partial charge in [0.15, 0.2) is 0 Å². The topological polar surface area (TPSA) is 54.0 Å². The molecule has 1 aromatic carbocycles. The van der Waals surface area contributed by atoms with Crippen molar-refractivity contribution in [1.29, 1.82) is 0 Å². The van der Waals surface area contributed by atoms with Gasteiger partial charge in [0.1, 0.15) is 0 Å². The number of aromatic nitrogens is 1. The Bertz CT molecular complexity index is 493. The number of pyridine rings is 1. The Morgan fingerprint density at radius 2 is 1.60 bits per heavy atom. The van der Waals surface area contributed by atoms with Crippen LogP contribution in [0.3, 0.4) is 0 Å². The van der Waals surface area contributed by atoms with E-state index in [1.54, 1.807) is 6.20 Å². The van der Waals surface area contributed by atoms with Gasteiger partial charge in [0.2, 0.25) is 0 Å². The molecule has 4 nitrogen and oxygen atoms in total. The van der Waals surface area contributed by atoms with E-state index in [4.69, 9.17) is 0 Å². The molecule has 2 atom stereocenters. The summed E-state index contributed by atoms with van der Waals surface area (Å²) in [6.07, 6.45) is 1.72. The van der Waals surface area contributed by atoms with Gasteiger partial charge in [-0.15, -0.1) is 0 Å². The molecule has 1 aromatic heterocycles. The first kappa shape index (κ1) is 14.1. The van der Waals surface area contributed by atoms with E-state index >= 15 is 0 Å². The maximum Gasteiger partial charge on any atom is 0.315 e. The number of urea groups is 1. The highest BCUT2D eigenvalue weighted by molar-refractivity contribution is 5.74. The molecule has 1 heterocycles. The monoisotopic (exact) mass is 269 g/mol. The number of carbonyl (C=O) groups excluding carboxylic acids is 1. The number of benzene rings is 1. The fraction of sp³-hybridized carbons (Fsp3) is 0.250. The lowest BCUT2D eigenvalue weighted by atomic mass is 10.1. The lowest BCUT2D eigenvalue weighted by Gasteiger charge is -2.18. The molecular weight excluding hydrogens is 250 g/mol. The summed E-state index contributed by atoms with van der Waals surface area (Å²) in [6, 6.07) is 15.2. The number of hydrogen-bond acceptors (Lipinski definition) is 2. The fourth-order valence-electron chi connectivity index (χ4n) is 1.97. The zero-order valence-corrected chi connectivity index (χ0v) is 11.7. The van der Waals surface area contributed by atoms with Crippen LogP contribution in [-0.2, 0) is 0 Å². The Hall–Kier alpha value is -2.36. The average molecular weight is 269 g/mol. The van der Waals surface area contributed by atoms with Crippen LogP contribution in [0, 0.1) is 0 Å². The van der Waals surface area contributed by atoms with Crippen molar-refractivity contribution in [2.45, 2.75) is 25.9 Å². The molecule has 2 N–H and O–H groups in total. The van der Waals surface area contributed by atoms with E-state index < -0.39 is 0 Å². The molecule has 104 valence electrons. The zero-order valence-electron chi connectivity index (χ0n) is 11.7. The predicted octanol–water partition coefficient (Wildman–Crippen LogP) is 3.20. The first-order chi connectivity index (χ1) is 9.66. The summed E-state index contributed by atoms with van der Waals surface area (Å²) in [5, 5.41) is 5.80. The van der Waals surface area contributed by atoms with Crippen molar-refractivity contribution in [1.82, 2.24) is 15.6 Å². The summed E-state index contributed by atoms with van der Waals surface area (Å²) < 4.78 is 0. The van der Waals surface area contributed by atoms with Crippen LogP contribution >= 0.6 is 0 Å². The molecule has 20 heavy (non-hydrogen) atoms. The lowest BCUT2D eigenvalue weighted by Crippen LogP contribution is -2.38. The minimum Gasteiger partial charge on any atom is -0.332 e. The Morgan fingerprint density at radius 1 is 0.950 bits per heavy atom. The van der Waals surface area contributed by atoms with Gasteiger partial charge in [0, 0.05) is 6.20 Å². The van der Waals surface area contributed by atoms with Crippen LogP contribution in [0.25, 0.3) is 0 Å². The molecular formula is C16H19N3O. The predicted molar refractivity (Wildman–Crippen MR) is 79.2 cm³/mol. The van der Waals surface area contributed by atoms with Crippen molar-refractivity contribution in [2.24, 2.45) is 0 Å². The van der Waals surface area contributed by atoms with Gasteiger partial charge >= 0.3 is 6.03 Å². The molecule has 2 rings (SSSR count). The third kappa shape index (κ3) is 3.82. The summed E-state index contributed by atoms with van der Waals surface area (Å²) in [5.74, 6) is 0. The highest BCUT2D eigenvalue weighted by atomic mass is 16.2. The van der Waals surface area contributed by atoms with Gasteiger partial charge in [-0.1, -0.05) is 36.4 Å². The highest BCUT2D eigenvalue weighted by Gasteiger charge is 2.13.